The van der Waals surface area contributed by atoms with Crippen LogP contribution in [0.5, 0.6) is 0 Å². The van der Waals surface area contributed by atoms with Crippen molar-refractivity contribution in [3.8, 4) is 0 Å². The quantitative estimate of drug-likeness (QED) is 0.673. The monoisotopic (exact) mass is 194 g/mol. The Labute approximate surface area is 81.1 Å². The van der Waals surface area contributed by atoms with Gasteiger partial charge in [0.25, 0.3) is 0 Å². The van der Waals surface area contributed by atoms with Crippen molar-refractivity contribution in [2.45, 2.75) is 12.5 Å². The Kier molecular flexibility index (Phi) is 2.26. The first-order valence-corrected chi connectivity index (χ1v) is 4.27. The SMILES string of the molecule is COC1=CC(=O)OC(c2ccoc2)C1. The third-order valence-electron chi connectivity index (χ3n) is 2.10. The first-order valence-electron chi connectivity index (χ1n) is 4.27. The molecule has 4 heteroatoms. The highest BCUT2D eigenvalue weighted by Gasteiger charge is 2.24. The predicted octanol–water partition coefficient (Wildman–Crippen LogP) is 1.80. The van der Waals surface area contributed by atoms with Gasteiger partial charge in [0.1, 0.15) is 11.9 Å². The van der Waals surface area contributed by atoms with Gasteiger partial charge in [0.05, 0.1) is 25.7 Å². The van der Waals surface area contributed by atoms with Crippen molar-refractivity contribution in [1.29, 1.82) is 0 Å². The molecule has 0 fully saturated rings. The van der Waals surface area contributed by atoms with Crippen LogP contribution in [0, 0.1) is 0 Å². The molecule has 1 unspecified atom stereocenters. The van der Waals surface area contributed by atoms with Gasteiger partial charge in [-0.05, 0) is 6.07 Å². The number of carbonyl (C=O) groups excluding carboxylic acids is 1. The zero-order chi connectivity index (χ0) is 9.97. The van der Waals surface area contributed by atoms with Crippen molar-refractivity contribution in [3.05, 3.63) is 36.0 Å². The molecule has 0 saturated heterocycles. The van der Waals surface area contributed by atoms with Crippen LogP contribution in [-0.4, -0.2) is 13.1 Å². The Bertz CT molecular complexity index is 350. The van der Waals surface area contributed by atoms with Crippen LogP contribution < -0.4 is 0 Å². The number of hydrogen-bond acceptors (Lipinski definition) is 4. The lowest BCUT2D eigenvalue weighted by molar-refractivity contribution is -0.145. The highest BCUT2D eigenvalue weighted by Crippen LogP contribution is 2.29. The van der Waals surface area contributed by atoms with Gasteiger partial charge in [-0.25, -0.2) is 4.79 Å². The summed E-state index contributed by atoms with van der Waals surface area (Å²) in [5.41, 5.74) is 0.848. The number of rotatable bonds is 2. The summed E-state index contributed by atoms with van der Waals surface area (Å²) >= 11 is 0. The van der Waals surface area contributed by atoms with Crippen LogP contribution in [0.15, 0.2) is 34.8 Å². The second-order valence-corrected chi connectivity index (χ2v) is 3.00. The number of furan rings is 1. The molecule has 4 nitrogen and oxygen atoms in total. The molecule has 1 aromatic heterocycles. The van der Waals surface area contributed by atoms with Crippen molar-refractivity contribution < 1.29 is 18.7 Å². The van der Waals surface area contributed by atoms with E-state index >= 15 is 0 Å². The fraction of sp³-hybridized carbons (Fsp3) is 0.300. The van der Waals surface area contributed by atoms with Gasteiger partial charge in [-0.15, -0.1) is 0 Å². The molecule has 0 saturated carbocycles. The van der Waals surface area contributed by atoms with Crippen LogP contribution >= 0.6 is 0 Å². The third-order valence-corrected chi connectivity index (χ3v) is 2.10. The van der Waals surface area contributed by atoms with Crippen molar-refractivity contribution in [2.75, 3.05) is 7.11 Å². The Hall–Kier alpha value is -1.71. The van der Waals surface area contributed by atoms with Gasteiger partial charge in [-0.2, -0.15) is 0 Å². The molecule has 1 aliphatic heterocycles. The molecule has 74 valence electrons. The maximum absolute atomic E-state index is 11.1. The molecule has 0 spiro atoms. The van der Waals surface area contributed by atoms with Crippen LogP contribution in [0.1, 0.15) is 18.1 Å². The average molecular weight is 194 g/mol. The van der Waals surface area contributed by atoms with Crippen LogP contribution in [0.4, 0.5) is 0 Å². The fourth-order valence-corrected chi connectivity index (χ4v) is 1.38. The van der Waals surface area contributed by atoms with E-state index in [2.05, 4.69) is 0 Å². The van der Waals surface area contributed by atoms with Crippen LogP contribution in [0.3, 0.4) is 0 Å². The molecule has 0 aromatic carbocycles. The number of cyclic esters (lactones) is 1. The second kappa shape index (κ2) is 3.57. The Morgan fingerprint density at radius 3 is 3.07 bits per heavy atom. The zero-order valence-electron chi connectivity index (χ0n) is 7.73. The van der Waals surface area contributed by atoms with E-state index in [0.29, 0.717) is 12.2 Å². The standard InChI is InChI=1S/C10H10O4/c1-12-8-4-9(14-10(11)5-8)7-2-3-13-6-7/h2-3,5-6,9H,4H2,1H3. The number of esters is 1. The van der Waals surface area contributed by atoms with Crippen molar-refractivity contribution in [3.63, 3.8) is 0 Å². The van der Waals surface area contributed by atoms with Gasteiger partial charge in [0, 0.05) is 12.0 Å². The zero-order valence-corrected chi connectivity index (χ0v) is 7.73. The second-order valence-electron chi connectivity index (χ2n) is 3.00. The van der Waals surface area contributed by atoms with E-state index in [1.165, 1.54) is 13.2 Å². The lowest BCUT2D eigenvalue weighted by Crippen LogP contribution is -2.16. The average Bonchev–Trinajstić information content (AvgIpc) is 2.69. The first-order chi connectivity index (χ1) is 6.79. The summed E-state index contributed by atoms with van der Waals surface area (Å²) in [6.45, 7) is 0. The van der Waals surface area contributed by atoms with Crippen molar-refractivity contribution in [1.82, 2.24) is 0 Å². The Morgan fingerprint density at radius 2 is 2.43 bits per heavy atom. The molecular formula is C10H10O4. The predicted molar refractivity (Wildman–Crippen MR) is 47.3 cm³/mol. The minimum absolute atomic E-state index is 0.291. The van der Waals surface area contributed by atoms with E-state index < -0.39 is 0 Å². The summed E-state index contributed by atoms with van der Waals surface area (Å²) in [6.07, 6.45) is 4.74. The van der Waals surface area contributed by atoms with E-state index in [9.17, 15) is 4.79 Å². The van der Waals surface area contributed by atoms with Gasteiger partial charge < -0.3 is 13.9 Å². The van der Waals surface area contributed by atoms with Crippen molar-refractivity contribution in [2.24, 2.45) is 0 Å². The molecular weight excluding hydrogens is 184 g/mol. The summed E-state index contributed by atoms with van der Waals surface area (Å²) in [5, 5.41) is 0. The first kappa shape index (κ1) is 8.87. The maximum Gasteiger partial charge on any atom is 0.334 e. The smallest absolute Gasteiger partial charge is 0.334 e. The third kappa shape index (κ3) is 1.64. The molecule has 1 aliphatic rings. The minimum Gasteiger partial charge on any atom is -0.501 e. The fourth-order valence-electron chi connectivity index (χ4n) is 1.38. The number of ether oxygens (including phenoxy) is 2. The lowest BCUT2D eigenvalue weighted by atomic mass is 10.1. The molecule has 1 aromatic rings. The Morgan fingerprint density at radius 1 is 1.57 bits per heavy atom. The lowest BCUT2D eigenvalue weighted by Gasteiger charge is -2.20. The Balaban J connectivity index is 2.18. The normalized spacial score (nSPS) is 21.4. The highest BCUT2D eigenvalue weighted by atomic mass is 16.6. The van der Waals surface area contributed by atoms with E-state index in [1.54, 1.807) is 18.6 Å². The van der Waals surface area contributed by atoms with Crippen molar-refractivity contribution >= 4 is 5.97 Å². The van der Waals surface area contributed by atoms with Crippen LogP contribution in [0.25, 0.3) is 0 Å². The number of methoxy groups -OCH3 is 1. The maximum atomic E-state index is 11.1. The molecule has 1 atom stereocenters. The molecule has 0 amide bonds. The van der Waals surface area contributed by atoms with E-state index in [-0.39, 0.29) is 12.1 Å². The summed E-state index contributed by atoms with van der Waals surface area (Å²) in [6, 6.07) is 1.77. The summed E-state index contributed by atoms with van der Waals surface area (Å²) in [5.74, 6) is 0.256. The molecule has 2 heterocycles. The largest absolute Gasteiger partial charge is 0.501 e. The van der Waals surface area contributed by atoms with E-state index in [4.69, 9.17) is 13.9 Å². The van der Waals surface area contributed by atoms with Gasteiger partial charge in [0.2, 0.25) is 0 Å². The van der Waals surface area contributed by atoms with Gasteiger partial charge in [0.15, 0.2) is 0 Å². The summed E-state index contributed by atoms with van der Waals surface area (Å²) in [4.78, 5) is 11.1. The molecule has 2 rings (SSSR count). The molecule has 14 heavy (non-hydrogen) atoms. The highest BCUT2D eigenvalue weighted by molar-refractivity contribution is 5.83. The van der Waals surface area contributed by atoms with Gasteiger partial charge >= 0.3 is 5.97 Å². The number of carbonyl (C=O) groups is 1. The minimum atomic E-state index is -0.376. The van der Waals surface area contributed by atoms with Gasteiger partial charge in [-0.3, -0.25) is 0 Å². The topological polar surface area (TPSA) is 48.7 Å². The van der Waals surface area contributed by atoms with Crippen LogP contribution in [0.2, 0.25) is 0 Å². The van der Waals surface area contributed by atoms with Crippen LogP contribution in [-0.2, 0) is 14.3 Å². The molecule has 0 N–H and O–H groups in total. The van der Waals surface area contributed by atoms with E-state index in [0.717, 1.165) is 5.56 Å². The summed E-state index contributed by atoms with van der Waals surface area (Å²) in [7, 11) is 1.54. The molecule has 0 radical (unpaired) electrons. The number of hydrogen-bond donors (Lipinski definition) is 0. The molecule has 0 bridgehead atoms. The summed E-state index contributed by atoms with van der Waals surface area (Å²) < 4.78 is 15.0. The molecule has 0 aliphatic carbocycles. The van der Waals surface area contributed by atoms with Gasteiger partial charge in [-0.1, -0.05) is 0 Å². The van der Waals surface area contributed by atoms with E-state index in [1.807, 2.05) is 0 Å².